The molecular formula is C13H25NO5. The van der Waals surface area contributed by atoms with Gasteiger partial charge in [0.15, 0.2) is 5.92 Å². The van der Waals surface area contributed by atoms with E-state index < -0.39 is 35.2 Å². The summed E-state index contributed by atoms with van der Waals surface area (Å²) in [5.41, 5.74) is 4.17. The molecule has 0 fully saturated rings. The third kappa shape index (κ3) is 7.12. The van der Waals surface area contributed by atoms with Crippen molar-refractivity contribution in [1.82, 2.24) is 0 Å². The molecule has 6 heteroatoms. The van der Waals surface area contributed by atoms with Crippen LogP contribution in [0.15, 0.2) is 0 Å². The van der Waals surface area contributed by atoms with Crippen LogP contribution in [0.5, 0.6) is 0 Å². The van der Waals surface area contributed by atoms with Gasteiger partial charge >= 0.3 is 11.9 Å². The summed E-state index contributed by atoms with van der Waals surface area (Å²) in [6.07, 6.45) is -0.924. The number of carbonyl (C=O) groups is 2. The minimum atomic E-state index is -1.43. The third-order valence-electron chi connectivity index (χ3n) is 2.04. The maximum absolute atomic E-state index is 11.9. The normalized spacial score (nSPS) is 15.7. The summed E-state index contributed by atoms with van der Waals surface area (Å²) in [4.78, 5) is 23.2. The van der Waals surface area contributed by atoms with Crippen LogP contribution in [0.25, 0.3) is 0 Å². The highest BCUT2D eigenvalue weighted by atomic mass is 16.6. The molecule has 19 heavy (non-hydrogen) atoms. The van der Waals surface area contributed by atoms with E-state index in [-0.39, 0.29) is 6.54 Å². The minimum Gasteiger partial charge on any atom is -0.481 e. The molecule has 0 radical (unpaired) electrons. The molecule has 0 aromatic rings. The molecule has 0 saturated carbocycles. The summed E-state index contributed by atoms with van der Waals surface area (Å²) < 4.78 is 10.6. The van der Waals surface area contributed by atoms with Crippen LogP contribution >= 0.6 is 0 Å². The fourth-order valence-corrected chi connectivity index (χ4v) is 1.48. The zero-order chi connectivity index (χ0) is 15.4. The molecule has 112 valence electrons. The molecule has 2 atom stereocenters. The molecule has 3 N–H and O–H groups in total. The first-order chi connectivity index (χ1) is 8.37. The summed E-state index contributed by atoms with van der Waals surface area (Å²) in [5.74, 6) is -3.56. The van der Waals surface area contributed by atoms with Crippen LogP contribution in [0.1, 0.15) is 41.5 Å². The van der Waals surface area contributed by atoms with Gasteiger partial charge in [0.2, 0.25) is 0 Å². The Bertz CT molecular complexity index is 327. The van der Waals surface area contributed by atoms with Gasteiger partial charge in [0, 0.05) is 6.54 Å². The van der Waals surface area contributed by atoms with E-state index in [0.717, 1.165) is 0 Å². The van der Waals surface area contributed by atoms with Crippen molar-refractivity contribution in [3.63, 3.8) is 0 Å². The van der Waals surface area contributed by atoms with Crippen molar-refractivity contribution in [2.24, 2.45) is 11.7 Å². The van der Waals surface area contributed by atoms with Crippen LogP contribution < -0.4 is 5.73 Å². The fraction of sp³-hybridized carbons (Fsp3) is 0.846. The number of carbonyl (C=O) groups excluding carboxylic acids is 1. The Kier molecular flexibility index (Phi) is 5.96. The zero-order valence-electron chi connectivity index (χ0n) is 12.5. The smallest absolute Gasteiger partial charge is 0.323 e. The van der Waals surface area contributed by atoms with Gasteiger partial charge in [-0.3, -0.25) is 9.59 Å². The predicted octanol–water partition coefficient (Wildman–Crippen LogP) is 1.17. The molecule has 0 spiro atoms. The van der Waals surface area contributed by atoms with E-state index in [1.165, 1.54) is 0 Å². The molecule has 0 aliphatic rings. The van der Waals surface area contributed by atoms with Crippen LogP contribution in [0, 0.1) is 5.92 Å². The highest BCUT2D eigenvalue weighted by molar-refractivity contribution is 5.94. The summed E-state index contributed by atoms with van der Waals surface area (Å²) in [6.45, 7) is 10.2. The van der Waals surface area contributed by atoms with Crippen LogP contribution in [0.4, 0.5) is 0 Å². The van der Waals surface area contributed by atoms with Crippen molar-refractivity contribution in [2.75, 3.05) is 6.54 Å². The second-order valence-electron chi connectivity index (χ2n) is 6.35. The fourth-order valence-electron chi connectivity index (χ4n) is 1.48. The highest BCUT2D eigenvalue weighted by Gasteiger charge is 2.39. The van der Waals surface area contributed by atoms with Crippen molar-refractivity contribution >= 4 is 11.9 Å². The van der Waals surface area contributed by atoms with Gasteiger partial charge in [0.1, 0.15) is 5.60 Å². The minimum absolute atomic E-state index is 0.0759. The molecule has 0 saturated heterocycles. The van der Waals surface area contributed by atoms with Gasteiger partial charge in [-0.1, -0.05) is 0 Å². The second-order valence-corrected chi connectivity index (χ2v) is 6.35. The Hall–Kier alpha value is -1.14. The maximum atomic E-state index is 11.9. The third-order valence-corrected chi connectivity index (χ3v) is 2.04. The quantitative estimate of drug-likeness (QED) is 0.577. The maximum Gasteiger partial charge on any atom is 0.323 e. The Morgan fingerprint density at radius 2 is 1.58 bits per heavy atom. The SMILES string of the molecule is CC(C)(C)OC(=O)C(C(=O)O)C(CN)OC(C)(C)C. The van der Waals surface area contributed by atoms with E-state index in [2.05, 4.69) is 0 Å². The van der Waals surface area contributed by atoms with E-state index in [0.29, 0.717) is 0 Å². The average Bonchev–Trinajstić information content (AvgIpc) is 2.10. The Labute approximate surface area is 114 Å². The monoisotopic (exact) mass is 275 g/mol. The predicted molar refractivity (Wildman–Crippen MR) is 70.7 cm³/mol. The van der Waals surface area contributed by atoms with Crippen LogP contribution in [0.2, 0.25) is 0 Å². The van der Waals surface area contributed by atoms with Gasteiger partial charge in [-0.25, -0.2) is 0 Å². The first-order valence-corrected chi connectivity index (χ1v) is 6.21. The molecule has 0 aliphatic heterocycles. The lowest BCUT2D eigenvalue weighted by Gasteiger charge is -2.31. The Morgan fingerprint density at radius 3 is 1.84 bits per heavy atom. The van der Waals surface area contributed by atoms with Crippen LogP contribution in [-0.2, 0) is 19.1 Å². The molecule has 0 amide bonds. The van der Waals surface area contributed by atoms with Crippen molar-refractivity contribution < 1.29 is 24.2 Å². The van der Waals surface area contributed by atoms with Crippen molar-refractivity contribution in [3.8, 4) is 0 Å². The molecule has 2 unspecified atom stereocenters. The average molecular weight is 275 g/mol. The van der Waals surface area contributed by atoms with Gasteiger partial charge in [-0.05, 0) is 41.5 Å². The molecule has 6 nitrogen and oxygen atoms in total. The van der Waals surface area contributed by atoms with Crippen LogP contribution in [-0.4, -0.2) is 40.9 Å². The van der Waals surface area contributed by atoms with E-state index in [4.69, 9.17) is 15.2 Å². The number of carboxylic acids is 1. The molecule has 0 aromatic carbocycles. The van der Waals surface area contributed by atoms with Gasteiger partial charge in [-0.2, -0.15) is 0 Å². The zero-order valence-corrected chi connectivity index (χ0v) is 12.5. The number of carboxylic acid groups (broad SMARTS) is 1. The molecule has 0 aliphatic carbocycles. The molecule has 0 rings (SSSR count). The van der Waals surface area contributed by atoms with Crippen molar-refractivity contribution in [2.45, 2.75) is 58.8 Å². The number of aliphatic carboxylic acids is 1. The number of esters is 1. The van der Waals surface area contributed by atoms with Crippen LogP contribution in [0.3, 0.4) is 0 Å². The topological polar surface area (TPSA) is 98.9 Å². The summed E-state index contributed by atoms with van der Waals surface area (Å²) in [7, 11) is 0. The standard InChI is InChI=1S/C13H25NO5/c1-12(2,3)18-8(7-14)9(10(15)16)11(17)19-13(4,5)6/h8-9H,7,14H2,1-6H3,(H,15,16). The first-order valence-electron chi connectivity index (χ1n) is 6.21. The number of ether oxygens (including phenoxy) is 2. The molecule has 0 bridgehead atoms. The van der Waals surface area contributed by atoms with Gasteiger partial charge in [0.05, 0.1) is 11.7 Å². The Balaban J connectivity index is 5.07. The van der Waals surface area contributed by atoms with E-state index in [9.17, 15) is 14.7 Å². The molecule has 0 aromatic heterocycles. The van der Waals surface area contributed by atoms with Gasteiger partial charge < -0.3 is 20.3 Å². The van der Waals surface area contributed by atoms with Gasteiger partial charge in [0.25, 0.3) is 0 Å². The van der Waals surface area contributed by atoms with Crippen molar-refractivity contribution in [3.05, 3.63) is 0 Å². The molecule has 0 heterocycles. The van der Waals surface area contributed by atoms with Crippen molar-refractivity contribution in [1.29, 1.82) is 0 Å². The number of hydrogen-bond donors (Lipinski definition) is 2. The number of nitrogens with two attached hydrogens (primary N) is 1. The lowest BCUT2D eigenvalue weighted by molar-refractivity contribution is -0.178. The van der Waals surface area contributed by atoms with Gasteiger partial charge in [-0.15, -0.1) is 0 Å². The Morgan fingerprint density at radius 1 is 1.11 bits per heavy atom. The summed E-state index contributed by atoms with van der Waals surface area (Å²) in [5, 5.41) is 9.20. The van der Waals surface area contributed by atoms with E-state index >= 15 is 0 Å². The number of hydrogen-bond acceptors (Lipinski definition) is 5. The lowest BCUT2D eigenvalue weighted by Crippen LogP contribution is -2.47. The number of rotatable bonds is 5. The summed E-state index contributed by atoms with van der Waals surface area (Å²) >= 11 is 0. The van der Waals surface area contributed by atoms with E-state index in [1.54, 1.807) is 41.5 Å². The van der Waals surface area contributed by atoms with E-state index in [1.807, 2.05) is 0 Å². The first kappa shape index (κ1) is 17.9. The lowest BCUT2D eigenvalue weighted by atomic mass is 10.0. The largest absolute Gasteiger partial charge is 0.481 e. The highest BCUT2D eigenvalue weighted by Crippen LogP contribution is 2.20. The summed E-state index contributed by atoms with van der Waals surface area (Å²) in [6, 6.07) is 0. The molecular weight excluding hydrogens is 250 g/mol. The second kappa shape index (κ2) is 6.34.